The molecule has 0 unspecified atom stereocenters. The van der Waals surface area contributed by atoms with Crippen LogP contribution in [0.2, 0.25) is 0 Å². The number of rotatable bonds is 83. The summed E-state index contributed by atoms with van der Waals surface area (Å²) in [6.07, 6.45) is 74.6. The Hall–Kier alpha value is -7.99. The van der Waals surface area contributed by atoms with Crippen LogP contribution in [0, 0.1) is 0 Å². The fraction of sp³-hybridized carbons (Fsp3) is 0.623. The first-order chi connectivity index (χ1) is 62.3. The van der Waals surface area contributed by atoms with Gasteiger partial charge in [-0.2, -0.15) is 0 Å². The van der Waals surface area contributed by atoms with Gasteiger partial charge in [0.25, 0.3) is 0 Å². The lowest BCUT2D eigenvalue weighted by Gasteiger charge is -2.16. The van der Waals surface area contributed by atoms with Crippen LogP contribution in [0.4, 0.5) is 0 Å². The van der Waals surface area contributed by atoms with Gasteiger partial charge in [0.15, 0.2) is 23.0 Å². The molecule has 0 bridgehead atoms. The van der Waals surface area contributed by atoms with E-state index in [1.807, 2.05) is 84.9 Å². The van der Waals surface area contributed by atoms with Crippen LogP contribution in [0.3, 0.4) is 0 Å². The summed E-state index contributed by atoms with van der Waals surface area (Å²) in [5, 5.41) is 0. The van der Waals surface area contributed by atoms with Gasteiger partial charge in [-0.3, -0.25) is 0 Å². The van der Waals surface area contributed by atoms with Crippen molar-refractivity contribution in [3.05, 3.63) is 191 Å². The molecule has 0 heterocycles. The van der Waals surface area contributed by atoms with E-state index >= 15 is 0 Å². The molecule has 700 valence electrons. The Morgan fingerprint density at radius 2 is 0.373 bits per heavy atom. The van der Waals surface area contributed by atoms with Crippen molar-refractivity contribution in [2.24, 2.45) is 0 Å². The molecule has 0 aromatic heterocycles. The Kier molecular flexibility index (Phi) is 59.9. The summed E-state index contributed by atoms with van der Waals surface area (Å²) in [6, 6.07) is 49.7. The second-order valence-corrected chi connectivity index (χ2v) is 35.8. The molecular weight excluding hydrogens is 1560 g/mol. The third-order valence-corrected chi connectivity index (χ3v) is 24.5. The highest BCUT2D eigenvalue weighted by atomic mass is 16.5. The van der Waals surface area contributed by atoms with E-state index in [2.05, 4.69) is 76.2 Å². The van der Waals surface area contributed by atoms with E-state index in [0.29, 0.717) is 74.1 Å². The minimum absolute atomic E-state index is 0.155. The zero-order valence-corrected chi connectivity index (χ0v) is 80.0. The van der Waals surface area contributed by atoms with E-state index in [-0.39, 0.29) is 18.8 Å². The second-order valence-electron chi connectivity index (χ2n) is 35.8. The van der Waals surface area contributed by atoms with Gasteiger partial charge < -0.3 is 52.1 Å². The summed E-state index contributed by atoms with van der Waals surface area (Å²) in [7, 11) is 1.37. The summed E-state index contributed by atoms with van der Waals surface area (Å²) in [4.78, 5) is 13.4. The van der Waals surface area contributed by atoms with Crippen LogP contribution in [-0.2, 0) is 44.4 Å². The third-order valence-electron chi connectivity index (χ3n) is 24.5. The second kappa shape index (κ2) is 71.9. The summed E-state index contributed by atoms with van der Waals surface area (Å²) < 4.78 is 69.6. The molecule has 0 radical (unpaired) electrons. The highest BCUT2D eigenvalue weighted by Gasteiger charge is 2.17. The van der Waals surface area contributed by atoms with Gasteiger partial charge in [-0.25, -0.2) is 4.79 Å². The summed E-state index contributed by atoms with van der Waals surface area (Å²) in [5.41, 5.74) is 5.99. The molecule has 0 saturated carbocycles. The van der Waals surface area contributed by atoms with Gasteiger partial charge >= 0.3 is 5.97 Å². The summed E-state index contributed by atoms with van der Waals surface area (Å²) >= 11 is 0. The van der Waals surface area contributed by atoms with E-state index in [1.54, 1.807) is 18.2 Å². The molecule has 12 nitrogen and oxygen atoms in total. The highest BCUT2D eigenvalue weighted by Crippen LogP contribution is 2.36. The maximum atomic E-state index is 13.4. The lowest BCUT2D eigenvalue weighted by Crippen LogP contribution is -2.05. The van der Waals surface area contributed by atoms with Crippen LogP contribution in [0.5, 0.6) is 57.5 Å². The van der Waals surface area contributed by atoms with E-state index in [0.717, 1.165) is 95.3 Å². The van der Waals surface area contributed by atoms with Crippen LogP contribution in [0.15, 0.2) is 152 Å². The number of carbonyl (C=O) groups excluding carboxylic acids is 1. The molecule has 0 aliphatic rings. The molecule has 0 atom stereocenters. The van der Waals surface area contributed by atoms with Gasteiger partial charge in [0.1, 0.15) is 74.1 Å². The maximum Gasteiger partial charge on any atom is 0.338 e. The summed E-state index contributed by atoms with van der Waals surface area (Å²) in [6.45, 7) is 13.6. The molecule has 0 spiro atoms. The fourth-order valence-corrected chi connectivity index (χ4v) is 16.4. The zero-order valence-electron chi connectivity index (χ0n) is 80.0. The summed E-state index contributed by atoms with van der Waals surface area (Å²) in [5.74, 6) is 6.16. The topological polar surface area (TPSA) is 119 Å². The molecule has 0 aliphatic carbocycles. The third kappa shape index (κ3) is 50.7. The Balaban J connectivity index is 0.941. The van der Waals surface area contributed by atoms with Gasteiger partial charge in [-0.1, -0.05) is 422 Å². The Morgan fingerprint density at radius 1 is 0.183 bits per heavy atom. The quantitative estimate of drug-likeness (QED) is 0.0267. The molecule has 7 rings (SSSR count). The Bertz CT molecular complexity index is 3510. The number of benzene rings is 7. The molecular formula is C114H172O12. The molecule has 0 fully saturated rings. The van der Waals surface area contributed by atoms with Gasteiger partial charge in [0.05, 0.1) is 39.1 Å². The van der Waals surface area contributed by atoms with Crippen molar-refractivity contribution in [3.63, 3.8) is 0 Å². The minimum atomic E-state index is -0.515. The van der Waals surface area contributed by atoms with Gasteiger partial charge in [-0.15, -0.1) is 0 Å². The predicted octanol–water partition coefficient (Wildman–Crippen LogP) is 34.4. The first-order valence-electron chi connectivity index (χ1n) is 51.4. The van der Waals surface area contributed by atoms with Crippen molar-refractivity contribution in [2.45, 2.75) is 427 Å². The van der Waals surface area contributed by atoms with E-state index in [1.165, 1.54) is 341 Å². The molecule has 0 aliphatic heterocycles. The lowest BCUT2D eigenvalue weighted by atomic mass is 10.0. The molecule has 7 aromatic rings. The number of methoxy groups -OCH3 is 1. The van der Waals surface area contributed by atoms with Gasteiger partial charge in [0.2, 0.25) is 0 Å². The van der Waals surface area contributed by atoms with Crippen LogP contribution >= 0.6 is 0 Å². The number of hydrogen-bond acceptors (Lipinski definition) is 12. The van der Waals surface area contributed by atoms with Crippen LogP contribution in [0.1, 0.15) is 431 Å². The minimum Gasteiger partial charge on any atom is -0.494 e. The Labute approximate surface area is 766 Å². The van der Waals surface area contributed by atoms with Crippen molar-refractivity contribution in [1.82, 2.24) is 0 Å². The number of hydrogen-bond donors (Lipinski definition) is 0. The van der Waals surface area contributed by atoms with Crippen LogP contribution in [0.25, 0.3) is 0 Å². The number of esters is 1. The van der Waals surface area contributed by atoms with Crippen molar-refractivity contribution in [1.29, 1.82) is 0 Å². The number of unbranched alkanes of at least 4 members (excludes halogenated alkanes) is 52. The van der Waals surface area contributed by atoms with Crippen molar-refractivity contribution >= 4 is 5.97 Å². The first-order valence-corrected chi connectivity index (χ1v) is 51.4. The normalized spacial score (nSPS) is 11.3. The molecule has 12 heteroatoms. The largest absolute Gasteiger partial charge is 0.494 e. The Morgan fingerprint density at radius 3 is 0.587 bits per heavy atom. The van der Waals surface area contributed by atoms with E-state index < -0.39 is 5.97 Å². The number of carbonyl (C=O) groups is 1. The average Bonchev–Trinajstić information content (AvgIpc) is 0.838. The van der Waals surface area contributed by atoms with Crippen molar-refractivity contribution in [2.75, 3.05) is 33.5 Å². The standard InChI is InChI=1S/C114H172O12/c1-6-10-14-18-22-26-30-34-38-42-46-50-54-58-82-117-104-72-62-97(63-73-104)91-123-110-80-70-101(86-112(110)125-93-99-66-76-106(77-67-99)119-84-60-56-52-48-44-40-36-32-28-24-20-16-12-8-3)95-121-108-88-103(114(115)116-5)89-109(90-108)122-96-102-71-81-111(124-92-98-64-74-105(75-65-98)118-83-59-55-51-47-43-39-35-31-27-23-19-15-11-7-2)113(87-102)126-94-100-68-78-107(79-69-100)120-85-61-57-53-49-45-41-37-33-29-25-21-17-13-9-4/h62-81,86-90H,6-61,82-85,91-96H2,1-5H3. The van der Waals surface area contributed by atoms with Crippen LogP contribution in [-0.4, -0.2) is 39.5 Å². The lowest BCUT2D eigenvalue weighted by molar-refractivity contribution is 0.0599. The zero-order chi connectivity index (χ0) is 88.5. The molecule has 126 heavy (non-hydrogen) atoms. The fourth-order valence-electron chi connectivity index (χ4n) is 16.4. The average molecular weight is 1730 g/mol. The van der Waals surface area contributed by atoms with E-state index in [4.69, 9.17) is 52.1 Å². The molecule has 0 amide bonds. The SMILES string of the molecule is CCCCCCCCCCCCCCCCOc1ccc(COc2ccc(COc3cc(OCc4ccc(OCc5ccc(OCCCCCCCCCCCCCCCC)cc5)c(OCc5ccc(OCCCCCCCCCCCCCCCC)cc5)c4)cc(C(=O)OC)c3)cc2OCc2ccc(OCCCCCCCCCCCCCCCC)cc2)cc1. The molecule has 7 aromatic carbocycles. The molecule has 0 N–H and O–H groups in total. The molecule has 0 saturated heterocycles. The first kappa shape index (κ1) is 105. The van der Waals surface area contributed by atoms with Gasteiger partial charge in [-0.05, 0) is 144 Å². The smallest absolute Gasteiger partial charge is 0.338 e. The van der Waals surface area contributed by atoms with Crippen LogP contribution < -0.4 is 47.4 Å². The van der Waals surface area contributed by atoms with E-state index in [9.17, 15) is 4.79 Å². The predicted molar refractivity (Wildman–Crippen MR) is 526 cm³/mol. The van der Waals surface area contributed by atoms with Crippen molar-refractivity contribution in [3.8, 4) is 57.5 Å². The van der Waals surface area contributed by atoms with Crippen molar-refractivity contribution < 1.29 is 56.9 Å². The number of ether oxygens (including phenoxy) is 11. The monoisotopic (exact) mass is 1730 g/mol. The maximum absolute atomic E-state index is 13.4. The highest BCUT2D eigenvalue weighted by molar-refractivity contribution is 5.90. The van der Waals surface area contributed by atoms with Gasteiger partial charge in [0, 0.05) is 6.07 Å².